The van der Waals surface area contributed by atoms with E-state index in [0.717, 1.165) is 18.6 Å². The van der Waals surface area contributed by atoms with Crippen molar-refractivity contribution in [1.29, 1.82) is 0 Å². The summed E-state index contributed by atoms with van der Waals surface area (Å²) in [5, 5.41) is 0. The van der Waals surface area contributed by atoms with E-state index in [1.54, 1.807) is 0 Å². The van der Waals surface area contributed by atoms with Gasteiger partial charge in [-0.1, -0.05) is 48.5 Å². The molecule has 32 heavy (non-hydrogen) atoms. The Bertz CT molecular complexity index is 1070. The van der Waals surface area contributed by atoms with Gasteiger partial charge in [0, 0.05) is 18.1 Å². The quantitative estimate of drug-likeness (QED) is 0.419. The molecule has 0 heterocycles. The van der Waals surface area contributed by atoms with E-state index in [1.807, 2.05) is 6.92 Å². The minimum absolute atomic E-state index is 0.685. The summed E-state index contributed by atoms with van der Waals surface area (Å²) in [5.41, 5.74) is 9.73. The second-order valence-corrected chi connectivity index (χ2v) is 8.66. The summed E-state index contributed by atoms with van der Waals surface area (Å²) < 4.78 is 5.68. The molecular weight excluding hydrogens is 390 g/mol. The van der Waals surface area contributed by atoms with Crippen molar-refractivity contribution in [2.45, 2.75) is 45.4 Å². The Balaban J connectivity index is 1.58. The van der Waals surface area contributed by atoms with Gasteiger partial charge in [0.2, 0.25) is 0 Å². The summed E-state index contributed by atoms with van der Waals surface area (Å²) >= 11 is 0. The number of ether oxygens (including phenoxy) is 1. The van der Waals surface area contributed by atoms with Crippen molar-refractivity contribution in [2.24, 2.45) is 0 Å². The average Bonchev–Trinajstić information content (AvgIpc) is 2.85. The zero-order valence-electron chi connectivity index (χ0n) is 18.9. The Morgan fingerprint density at radius 3 is 1.75 bits per heavy atom. The monoisotopic (exact) mass is 421 g/mol. The van der Waals surface area contributed by atoms with Gasteiger partial charge in [-0.05, 0) is 103 Å². The number of rotatable bonds is 5. The summed E-state index contributed by atoms with van der Waals surface area (Å²) in [6.45, 7) is 2.71. The molecule has 2 aliphatic carbocycles. The second kappa shape index (κ2) is 9.48. The zero-order chi connectivity index (χ0) is 21.8. The van der Waals surface area contributed by atoms with Crippen LogP contribution >= 0.6 is 0 Å². The van der Waals surface area contributed by atoms with Crippen LogP contribution in [0.5, 0.6) is 5.75 Å². The molecule has 0 bridgehead atoms. The van der Waals surface area contributed by atoms with E-state index in [2.05, 4.69) is 90.1 Å². The summed E-state index contributed by atoms with van der Waals surface area (Å²) in [6, 6.07) is 26.2. The first-order valence-corrected chi connectivity index (χ1v) is 11.9. The Hall–Kier alpha value is -3.26. The van der Waals surface area contributed by atoms with Crippen molar-refractivity contribution in [2.75, 3.05) is 11.5 Å². The van der Waals surface area contributed by atoms with Crippen LogP contribution < -0.4 is 9.64 Å². The van der Waals surface area contributed by atoms with Crippen LogP contribution in [0.25, 0.3) is 11.1 Å². The van der Waals surface area contributed by atoms with Crippen LogP contribution in [0.15, 0.2) is 85.2 Å². The highest BCUT2D eigenvalue weighted by Crippen LogP contribution is 2.35. The van der Waals surface area contributed by atoms with Gasteiger partial charge in [0.15, 0.2) is 0 Å². The van der Waals surface area contributed by atoms with Crippen LogP contribution in [-0.2, 0) is 12.8 Å². The van der Waals surface area contributed by atoms with E-state index in [4.69, 9.17) is 4.74 Å². The first-order valence-electron chi connectivity index (χ1n) is 11.9. The fourth-order valence-corrected chi connectivity index (χ4v) is 4.98. The third-order valence-electron chi connectivity index (χ3n) is 6.55. The Kier molecular flexibility index (Phi) is 6.11. The SMILES string of the molecule is CCOc1ccc(N(C=C2CCCc3ccccc32)C=C2CCCc3ccccc32)cc1. The number of anilines is 1. The van der Waals surface area contributed by atoms with E-state index in [0.29, 0.717) is 6.61 Å². The molecule has 3 aromatic carbocycles. The number of aryl methyl sites for hydroxylation is 2. The van der Waals surface area contributed by atoms with Crippen molar-refractivity contribution in [3.05, 3.63) is 107 Å². The van der Waals surface area contributed by atoms with E-state index >= 15 is 0 Å². The van der Waals surface area contributed by atoms with Gasteiger partial charge in [-0.3, -0.25) is 0 Å². The number of nitrogens with zero attached hydrogens (tertiary/aromatic N) is 1. The smallest absolute Gasteiger partial charge is 0.119 e. The van der Waals surface area contributed by atoms with Crippen molar-refractivity contribution >= 4 is 16.8 Å². The lowest BCUT2D eigenvalue weighted by Crippen LogP contribution is -2.13. The lowest BCUT2D eigenvalue weighted by molar-refractivity contribution is 0.340. The minimum atomic E-state index is 0.685. The second-order valence-electron chi connectivity index (χ2n) is 8.66. The Morgan fingerprint density at radius 1 is 0.688 bits per heavy atom. The molecule has 2 aliphatic rings. The third kappa shape index (κ3) is 4.36. The van der Waals surface area contributed by atoms with Gasteiger partial charge in [-0.2, -0.15) is 0 Å². The van der Waals surface area contributed by atoms with Gasteiger partial charge in [-0.15, -0.1) is 0 Å². The normalized spacial score (nSPS) is 17.7. The number of benzene rings is 3. The standard InChI is InChI=1S/C30H31NO/c1-2-32-28-19-17-27(18-20-28)31(21-25-13-7-11-23-9-3-5-15-29(23)25)22-26-14-8-12-24-10-4-6-16-30(24)26/h3-6,9-10,15-22H,2,7-8,11-14H2,1H3. The number of fused-ring (bicyclic) bond motifs is 2. The molecule has 2 heteroatoms. The highest BCUT2D eigenvalue weighted by molar-refractivity contribution is 5.77. The van der Waals surface area contributed by atoms with Gasteiger partial charge < -0.3 is 9.64 Å². The van der Waals surface area contributed by atoms with Crippen LogP contribution in [0, 0.1) is 0 Å². The number of hydrogen-bond acceptors (Lipinski definition) is 2. The van der Waals surface area contributed by atoms with Crippen LogP contribution in [0.4, 0.5) is 5.69 Å². The molecule has 0 fully saturated rings. The highest BCUT2D eigenvalue weighted by atomic mass is 16.5. The van der Waals surface area contributed by atoms with E-state index in [-0.39, 0.29) is 0 Å². The molecule has 0 saturated heterocycles. The molecule has 0 saturated carbocycles. The molecule has 0 atom stereocenters. The lowest BCUT2D eigenvalue weighted by atomic mass is 9.87. The average molecular weight is 422 g/mol. The summed E-state index contributed by atoms with van der Waals surface area (Å²) in [6.07, 6.45) is 11.7. The molecule has 0 N–H and O–H groups in total. The molecular formula is C30H31NO. The molecule has 0 unspecified atom stereocenters. The zero-order valence-corrected chi connectivity index (χ0v) is 18.9. The molecule has 3 aromatic rings. The van der Waals surface area contributed by atoms with E-state index < -0.39 is 0 Å². The fraction of sp³-hybridized carbons (Fsp3) is 0.267. The van der Waals surface area contributed by atoms with E-state index in [9.17, 15) is 0 Å². The van der Waals surface area contributed by atoms with Crippen LogP contribution in [0.1, 0.15) is 54.9 Å². The van der Waals surface area contributed by atoms with Gasteiger partial charge in [-0.25, -0.2) is 0 Å². The Morgan fingerprint density at radius 2 is 1.22 bits per heavy atom. The topological polar surface area (TPSA) is 12.5 Å². The molecule has 0 aliphatic heterocycles. The minimum Gasteiger partial charge on any atom is -0.494 e. The van der Waals surface area contributed by atoms with Crippen LogP contribution in [0.3, 0.4) is 0 Å². The maximum Gasteiger partial charge on any atom is 0.119 e. The van der Waals surface area contributed by atoms with Crippen LogP contribution in [-0.4, -0.2) is 6.61 Å². The largest absolute Gasteiger partial charge is 0.494 e. The van der Waals surface area contributed by atoms with Gasteiger partial charge in [0.1, 0.15) is 5.75 Å². The number of hydrogen-bond donors (Lipinski definition) is 0. The Labute approximate surface area is 191 Å². The van der Waals surface area contributed by atoms with Crippen LogP contribution in [0.2, 0.25) is 0 Å². The summed E-state index contributed by atoms with van der Waals surface area (Å²) in [5.74, 6) is 0.919. The van der Waals surface area contributed by atoms with Crippen molar-refractivity contribution < 1.29 is 4.74 Å². The summed E-state index contributed by atoms with van der Waals surface area (Å²) in [7, 11) is 0. The van der Waals surface area contributed by atoms with Crippen molar-refractivity contribution in [1.82, 2.24) is 0 Å². The predicted octanol–water partition coefficient (Wildman–Crippen LogP) is 7.65. The first-order chi connectivity index (χ1) is 15.8. The predicted molar refractivity (Wildman–Crippen MR) is 135 cm³/mol. The maximum absolute atomic E-state index is 5.68. The van der Waals surface area contributed by atoms with Crippen molar-refractivity contribution in [3.8, 4) is 5.75 Å². The van der Waals surface area contributed by atoms with Gasteiger partial charge >= 0.3 is 0 Å². The van der Waals surface area contributed by atoms with Crippen molar-refractivity contribution in [3.63, 3.8) is 0 Å². The molecule has 2 nitrogen and oxygen atoms in total. The number of allylic oxidation sites excluding steroid dienone is 2. The summed E-state index contributed by atoms with van der Waals surface area (Å²) in [4.78, 5) is 2.34. The lowest BCUT2D eigenvalue weighted by Gasteiger charge is -2.26. The molecule has 0 aromatic heterocycles. The van der Waals surface area contributed by atoms with E-state index in [1.165, 1.54) is 64.8 Å². The molecule has 0 spiro atoms. The third-order valence-corrected chi connectivity index (χ3v) is 6.55. The highest BCUT2D eigenvalue weighted by Gasteiger charge is 2.17. The first kappa shape index (κ1) is 20.6. The molecule has 162 valence electrons. The maximum atomic E-state index is 5.68. The molecule has 0 amide bonds. The van der Waals surface area contributed by atoms with Gasteiger partial charge in [0.05, 0.1) is 6.61 Å². The molecule has 5 rings (SSSR count). The van der Waals surface area contributed by atoms with Gasteiger partial charge in [0.25, 0.3) is 0 Å². The molecule has 0 radical (unpaired) electrons. The fourth-order valence-electron chi connectivity index (χ4n) is 4.98.